The minimum absolute atomic E-state index is 0.126. The fraction of sp³-hybridized carbons (Fsp3) is 0.381. The van der Waals surface area contributed by atoms with Crippen molar-refractivity contribution < 1.29 is 17.9 Å². The number of sulfonamides is 1. The predicted molar refractivity (Wildman–Crippen MR) is 108 cm³/mol. The highest BCUT2D eigenvalue weighted by Gasteiger charge is 2.27. The maximum atomic E-state index is 12.8. The number of hydrogen-bond donors (Lipinski definition) is 1. The second-order valence-electron chi connectivity index (χ2n) is 7.10. The van der Waals surface area contributed by atoms with Crippen molar-refractivity contribution in [3.05, 3.63) is 64.7 Å². The fourth-order valence-corrected chi connectivity index (χ4v) is 4.86. The van der Waals surface area contributed by atoms with Gasteiger partial charge in [-0.15, -0.1) is 0 Å². The number of morpholine rings is 1. The molecule has 1 N–H and O–H groups in total. The molecule has 28 heavy (non-hydrogen) atoms. The molecule has 150 valence electrons. The van der Waals surface area contributed by atoms with E-state index in [1.807, 2.05) is 32.9 Å². The molecule has 2 aromatic carbocycles. The van der Waals surface area contributed by atoms with Gasteiger partial charge in [-0.25, -0.2) is 8.42 Å². The van der Waals surface area contributed by atoms with E-state index in [2.05, 4.69) is 11.4 Å². The van der Waals surface area contributed by atoms with Crippen LogP contribution in [-0.4, -0.2) is 44.9 Å². The Bertz CT molecular complexity index is 966. The fourth-order valence-electron chi connectivity index (χ4n) is 3.40. The van der Waals surface area contributed by atoms with E-state index in [-0.39, 0.29) is 16.8 Å². The molecule has 0 aliphatic carbocycles. The molecule has 0 aromatic heterocycles. The number of nitrogens with one attached hydrogen (secondary N) is 1. The van der Waals surface area contributed by atoms with Gasteiger partial charge in [-0.3, -0.25) is 4.79 Å². The van der Waals surface area contributed by atoms with Crippen LogP contribution in [0.1, 0.15) is 40.0 Å². The molecule has 0 spiro atoms. The second-order valence-corrected chi connectivity index (χ2v) is 9.04. The van der Waals surface area contributed by atoms with E-state index in [0.29, 0.717) is 31.9 Å². The Morgan fingerprint density at radius 3 is 2.50 bits per heavy atom. The molecule has 0 bridgehead atoms. The number of rotatable bonds is 5. The van der Waals surface area contributed by atoms with Gasteiger partial charge < -0.3 is 10.1 Å². The first-order valence-corrected chi connectivity index (χ1v) is 10.8. The van der Waals surface area contributed by atoms with Gasteiger partial charge in [-0.05, 0) is 50.1 Å². The third kappa shape index (κ3) is 4.43. The van der Waals surface area contributed by atoms with Crippen LogP contribution in [0, 0.1) is 13.8 Å². The standard InChI is InChI=1S/C21H26N2O4S/c1-15-7-8-20(16(2)13-15)17(3)22-21(24)18-5-4-6-19(14-18)28(25,26)23-9-11-27-12-10-23/h4-8,13-14,17H,9-12H2,1-3H3,(H,22,24)/t17-/m0/s1. The van der Waals surface area contributed by atoms with Gasteiger partial charge in [0.1, 0.15) is 0 Å². The van der Waals surface area contributed by atoms with Gasteiger partial charge >= 0.3 is 0 Å². The van der Waals surface area contributed by atoms with Crippen molar-refractivity contribution in [3.8, 4) is 0 Å². The third-order valence-corrected chi connectivity index (χ3v) is 6.84. The number of ether oxygens (including phenoxy) is 1. The summed E-state index contributed by atoms with van der Waals surface area (Å²) in [7, 11) is -3.64. The van der Waals surface area contributed by atoms with E-state index in [1.165, 1.54) is 22.0 Å². The Kier molecular flexibility index (Phi) is 6.17. The molecular formula is C21H26N2O4S. The molecular weight excluding hydrogens is 376 g/mol. The molecule has 1 aliphatic heterocycles. The monoisotopic (exact) mass is 402 g/mol. The number of carbonyl (C=O) groups excluding carboxylic acids is 1. The minimum Gasteiger partial charge on any atom is -0.379 e. The first kappa shape index (κ1) is 20.5. The summed E-state index contributed by atoms with van der Waals surface area (Å²) in [5, 5.41) is 2.96. The average Bonchev–Trinajstić information content (AvgIpc) is 2.68. The number of amides is 1. The van der Waals surface area contributed by atoms with Crippen LogP contribution in [0.4, 0.5) is 0 Å². The van der Waals surface area contributed by atoms with E-state index in [4.69, 9.17) is 4.74 Å². The number of carbonyl (C=O) groups is 1. The maximum absolute atomic E-state index is 12.8. The predicted octanol–water partition coefficient (Wildman–Crippen LogP) is 2.82. The summed E-state index contributed by atoms with van der Waals surface area (Å²) >= 11 is 0. The van der Waals surface area contributed by atoms with Gasteiger partial charge in [0.15, 0.2) is 0 Å². The van der Waals surface area contributed by atoms with Crippen molar-refractivity contribution in [2.24, 2.45) is 0 Å². The van der Waals surface area contributed by atoms with Crippen molar-refractivity contribution in [3.63, 3.8) is 0 Å². The Morgan fingerprint density at radius 1 is 1.11 bits per heavy atom. The zero-order valence-electron chi connectivity index (χ0n) is 16.4. The molecule has 7 heteroatoms. The molecule has 1 fully saturated rings. The Balaban J connectivity index is 1.78. The average molecular weight is 403 g/mol. The molecule has 0 saturated carbocycles. The lowest BCUT2D eigenvalue weighted by Crippen LogP contribution is -2.40. The second kappa shape index (κ2) is 8.43. The Labute approximate surface area is 166 Å². The van der Waals surface area contributed by atoms with Gasteiger partial charge in [0.05, 0.1) is 24.2 Å². The molecule has 6 nitrogen and oxygen atoms in total. The van der Waals surface area contributed by atoms with E-state index in [0.717, 1.165) is 11.1 Å². The van der Waals surface area contributed by atoms with Crippen molar-refractivity contribution in [1.82, 2.24) is 9.62 Å². The zero-order valence-corrected chi connectivity index (χ0v) is 17.3. The van der Waals surface area contributed by atoms with E-state index >= 15 is 0 Å². The van der Waals surface area contributed by atoms with Gasteiger partial charge in [-0.2, -0.15) is 4.31 Å². The smallest absolute Gasteiger partial charge is 0.251 e. The largest absolute Gasteiger partial charge is 0.379 e. The quantitative estimate of drug-likeness (QED) is 0.834. The molecule has 1 atom stereocenters. The first-order chi connectivity index (χ1) is 13.3. The van der Waals surface area contributed by atoms with Gasteiger partial charge in [0, 0.05) is 18.7 Å². The van der Waals surface area contributed by atoms with Crippen molar-refractivity contribution in [2.45, 2.75) is 31.7 Å². The lowest BCUT2D eigenvalue weighted by atomic mass is 10.00. The molecule has 3 rings (SSSR count). The van der Waals surface area contributed by atoms with Crippen molar-refractivity contribution in [2.75, 3.05) is 26.3 Å². The SMILES string of the molecule is Cc1ccc([C@H](C)NC(=O)c2cccc(S(=O)(=O)N3CCOCC3)c2)c(C)c1. The van der Waals surface area contributed by atoms with Crippen LogP contribution in [0.25, 0.3) is 0 Å². The zero-order chi connectivity index (χ0) is 20.3. The maximum Gasteiger partial charge on any atom is 0.251 e. The van der Waals surface area contributed by atoms with E-state index in [1.54, 1.807) is 12.1 Å². The molecule has 2 aromatic rings. The first-order valence-electron chi connectivity index (χ1n) is 9.35. The van der Waals surface area contributed by atoms with Crippen LogP contribution in [0.3, 0.4) is 0 Å². The summed E-state index contributed by atoms with van der Waals surface area (Å²) in [5.41, 5.74) is 3.64. The molecule has 0 radical (unpaired) electrons. The lowest BCUT2D eigenvalue weighted by molar-refractivity contribution is 0.0730. The number of hydrogen-bond acceptors (Lipinski definition) is 4. The van der Waals surface area contributed by atoms with Crippen LogP contribution in [-0.2, 0) is 14.8 Å². The summed E-state index contributed by atoms with van der Waals surface area (Å²) in [6.45, 7) is 7.37. The highest BCUT2D eigenvalue weighted by molar-refractivity contribution is 7.89. The molecule has 1 saturated heterocycles. The lowest BCUT2D eigenvalue weighted by Gasteiger charge is -2.26. The highest BCUT2D eigenvalue weighted by Crippen LogP contribution is 2.21. The van der Waals surface area contributed by atoms with Gasteiger partial charge in [-0.1, -0.05) is 29.8 Å². The normalized spacial score (nSPS) is 16.5. The minimum atomic E-state index is -3.64. The molecule has 1 heterocycles. The van der Waals surface area contributed by atoms with Crippen LogP contribution < -0.4 is 5.32 Å². The van der Waals surface area contributed by atoms with Gasteiger partial charge in [0.2, 0.25) is 10.0 Å². The van der Waals surface area contributed by atoms with Gasteiger partial charge in [0.25, 0.3) is 5.91 Å². The topological polar surface area (TPSA) is 75.7 Å². The number of benzene rings is 2. The summed E-state index contributed by atoms with van der Waals surface area (Å²) < 4.78 is 32.3. The summed E-state index contributed by atoms with van der Waals surface area (Å²) in [4.78, 5) is 12.8. The van der Waals surface area contributed by atoms with E-state index < -0.39 is 10.0 Å². The van der Waals surface area contributed by atoms with Crippen LogP contribution in [0.2, 0.25) is 0 Å². The Morgan fingerprint density at radius 2 is 1.82 bits per heavy atom. The summed E-state index contributed by atoms with van der Waals surface area (Å²) in [5.74, 6) is -0.300. The van der Waals surface area contributed by atoms with Crippen molar-refractivity contribution in [1.29, 1.82) is 0 Å². The van der Waals surface area contributed by atoms with Crippen LogP contribution >= 0.6 is 0 Å². The molecule has 1 amide bonds. The highest BCUT2D eigenvalue weighted by atomic mass is 32.2. The van der Waals surface area contributed by atoms with Crippen LogP contribution in [0.5, 0.6) is 0 Å². The van der Waals surface area contributed by atoms with Crippen molar-refractivity contribution >= 4 is 15.9 Å². The molecule has 1 aliphatic rings. The summed E-state index contributed by atoms with van der Waals surface area (Å²) in [6, 6.07) is 12.1. The third-order valence-electron chi connectivity index (χ3n) is 4.94. The summed E-state index contributed by atoms with van der Waals surface area (Å²) in [6.07, 6.45) is 0. The Hall–Kier alpha value is -2.22. The van der Waals surface area contributed by atoms with Crippen LogP contribution in [0.15, 0.2) is 47.4 Å². The molecule has 0 unspecified atom stereocenters. The van der Waals surface area contributed by atoms with E-state index in [9.17, 15) is 13.2 Å². The number of aryl methyl sites for hydroxylation is 2. The number of nitrogens with zero attached hydrogens (tertiary/aromatic N) is 1.